The molecule has 0 atom stereocenters. The Bertz CT molecular complexity index is 757. The second-order valence-electron chi connectivity index (χ2n) is 5.53. The van der Waals surface area contributed by atoms with Crippen molar-refractivity contribution < 1.29 is 13.6 Å². The Balaban J connectivity index is 1.85. The van der Waals surface area contributed by atoms with Crippen LogP contribution in [0.15, 0.2) is 34.8 Å². The van der Waals surface area contributed by atoms with Gasteiger partial charge in [0.1, 0.15) is 11.6 Å². The molecule has 114 valence electrons. The fraction of sp³-hybridized carbons (Fsp3) is 0.235. The van der Waals surface area contributed by atoms with E-state index in [-0.39, 0.29) is 5.56 Å². The molecule has 22 heavy (non-hydrogen) atoms. The van der Waals surface area contributed by atoms with Gasteiger partial charge in [0, 0.05) is 10.2 Å². The molecular weight excluding hydrogens is 352 g/mol. The molecule has 0 aromatic heterocycles. The molecule has 0 radical (unpaired) electrons. The highest BCUT2D eigenvalue weighted by Gasteiger charge is 2.25. The molecule has 0 aliphatic heterocycles. The summed E-state index contributed by atoms with van der Waals surface area (Å²) in [6.45, 7) is 1.74. The average molecular weight is 366 g/mol. The smallest absolute Gasteiger partial charge is 0.258 e. The minimum Gasteiger partial charge on any atom is -0.322 e. The Kier molecular flexibility index (Phi) is 4.00. The molecule has 2 aromatic rings. The predicted molar refractivity (Wildman–Crippen MR) is 85.2 cm³/mol. The number of rotatable bonds is 3. The third-order valence-electron chi connectivity index (χ3n) is 3.84. The van der Waals surface area contributed by atoms with E-state index in [9.17, 15) is 13.6 Å². The van der Waals surface area contributed by atoms with Gasteiger partial charge in [0.25, 0.3) is 5.91 Å². The molecule has 1 aliphatic rings. The van der Waals surface area contributed by atoms with Crippen LogP contribution in [0.25, 0.3) is 0 Å². The van der Waals surface area contributed by atoms with E-state index < -0.39 is 17.5 Å². The molecule has 0 spiro atoms. The number of amides is 1. The van der Waals surface area contributed by atoms with Crippen molar-refractivity contribution in [2.24, 2.45) is 0 Å². The zero-order valence-corrected chi connectivity index (χ0v) is 13.5. The number of hydrogen-bond donors (Lipinski definition) is 1. The van der Waals surface area contributed by atoms with Crippen molar-refractivity contribution in [3.8, 4) is 0 Å². The van der Waals surface area contributed by atoms with Crippen LogP contribution in [0.2, 0.25) is 0 Å². The highest BCUT2D eigenvalue weighted by atomic mass is 79.9. The Hall–Kier alpha value is -1.75. The van der Waals surface area contributed by atoms with Gasteiger partial charge in [-0.25, -0.2) is 8.78 Å². The van der Waals surface area contributed by atoms with Gasteiger partial charge in [0.15, 0.2) is 0 Å². The van der Waals surface area contributed by atoms with E-state index in [1.54, 1.807) is 13.0 Å². The Morgan fingerprint density at radius 2 is 1.95 bits per heavy atom. The molecular formula is C17H14BrF2NO. The van der Waals surface area contributed by atoms with Gasteiger partial charge in [-0.1, -0.05) is 22.0 Å². The average Bonchev–Trinajstić information content (AvgIpc) is 3.28. The standard InChI is InChI=1S/C17H14BrF2NO/c1-9-14(18)7-12(19)8-16(9)21-17(22)13-5-4-11(6-15(13)20)10-2-3-10/h4-8,10H,2-3H2,1H3,(H,21,22). The third kappa shape index (κ3) is 3.04. The summed E-state index contributed by atoms with van der Waals surface area (Å²) in [6.07, 6.45) is 2.14. The summed E-state index contributed by atoms with van der Waals surface area (Å²) in [4.78, 5) is 12.2. The van der Waals surface area contributed by atoms with Crippen molar-refractivity contribution in [3.05, 3.63) is 63.1 Å². The van der Waals surface area contributed by atoms with Crippen molar-refractivity contribution in [1.82, 2.24) is 0 Å². The van der Waals surface area contributed by atoms with E-state index in [1.165, 1.54) is 24.3 Å². The SMILES string of the molecule is Cc1c(Br)cc(F)cc1NC(=O)c1ccc(C2CC2)cc1F. The number of hydrogen-bond acceptors (Lipinski definition) is 1. The van der Waals surface area contributed by atoms with Crippen LogP contribution in [-0.2, 0) is 0 Å². The first-order valence-electron chi connectivity index (χ1n) is 7.02. The van der Waals surface area contributed by atoms with Crippen LogP contribution in [0.4, 0.5) is 14.5 Å². The summed E-state index contributed by atoms with van der Waals surface area (Å²) in [6, 6.07) is 7.22. The molecule has 3 rings (SSSR count). The fourth-order valence-corrected chi connectivity index (χ4v) is 2.78. The van der Waals surface area contributed by atoms with Crippen LogP contribution in [0.3, 0.4) is 0 Å². The maximum absolute atomic E-state index is 14.1. The highest BCUT2D eigenvalue weighted by molar-refractivity contribution is 9.10. The number of carbonyl (C=O) groups is 1. The maximum atomic E-state index is 14.1. The van der Waals surface area contributed by atoms with E-state index in [1.807, 2.05) is 0 Å². The lowest BCUT2D eigenvalue weighted by Gasteiger charge is -2.11. The second kappa shape index (κ2) is 5.80. The Morgan fingerprint density at radius 3 is 2.59 bits per heavy atom. The number of halogens is 3. The van der Waals surface area contributed by atoms with Crippen LogP contribution in [-0.4, -0.2) is 5.91 Å². The molecule has 0 saturated heterocycles. The lowest BCUT2D eigenvalue weighted by Crippen LogP contribution is -2.15. The van der Waals surface area contributed by atoms with Crippen LogP contribution in [0, 0.1) is 18.6 Å². The number of nitrogens with one attached hydrogen (secondary N) is 1. The van der Waals surface area contributed by atoms with Gasteiger partial charge in [-0.2, -0.15) is 0 Å². The van der Waals surface area contributed by atoms with Gasteiger partial charge in [-0.3, -0.25) is 4.79 Å². The van der Waals surface area contributed by atoms with Crippen LogP contribution < -0.4 is 5.32 Å². The first kappa shape index (κ1) is 15.2. The largest absolute Gasteiger partial charge is 0.322 e. The van der Waals surface area contributed by atoms with Crippen LogP contribution in [0.5, 0.6) is 0 Å². The quantitative estimate of drug-likeness (QED) is 0.798. The summed E-state index contributed by atoms with van der Waals surface area (Å²) in [5.41, 5.74) is 1.90. The summed E-state index contributed by atoms with van der Waals surface area (Å²) in [5.74, 6) is -1.18. The monoisotopic (exact) mass is 365 g/mol. The molecule has 2 nitrogen and oxygen atoms in total. The summed E-state index contributed by atoms with van der Waals surface area (Å²) in [7, 11) is 0. The molecule has 1 N–H and O–H groups in total. The van der Waals surface area contributed by atoms with E-state index >= 15 is 0 Å². The molecule has 2 aromatic carbocycles. The Labute approximate surface area is 135 Å². The lowest BCUT2D eigenvalue weighted by molar-refractivity contribution is 0.102. The fourth-order valence-electron chi connectivity index (χ4n) is 2.35. The van der Waals surface area contributed by atoms with Gasteiger partial charge < -0.3 is 5.32 Å². The first-order valence-corrected chi connectivity index (χ1v) is 7.81. The molecule has 0 heterocycles. The zero-order chi connectivity index (χ0) is 15.9. The van der Waals surface area contributed by atoms with Crippen LogP contribution >= 0.6 is 15.9 Å². The van der Waals surface area contributed by atoms with Crippen molar-refractivity contribution in [2.75, 3.05) is 5.32 Å². The molecule has 1 amide bonds. The zero-order valence-electron chi connectivity index (χ0n) is 11.9. The topological polar surface area (TPSA) is 29.1 Å². The molecule has 1 fully saturated rings. The molecule has 0 bridgehead atoms. The summed E-state index contributed by atoms with van der Waals surface area (Å²) < 4.78 is 28.1. The van der Waals surface area contributed by atoms with Crippen molar-refractivity contribution >= 4 is 27.5 Å². The minimum atomic E-state index is -0.583. The molecule has 1 aliphatic carbocycles. The maximum Gasteiger partial charge on any atom is 0.258 e. The molecule has 5 heteroatoms. The van der Waals surface area contributed by atoms with Crippen molar-refractivity contribution in [2.45, 2.75) is 25.7 Å². The predicted octanol–water partition coefficient (Wildman–Crippen LogP) is 5.17. The second-order valence-corrected chi connectivity index (χ2v) is 6.38. The Morgan fingerprint density at radius 1 is 1.23 bits per heavy atom. The van der Waals surface area contributed by atoms with Gasteiger partial charge in [-0.05, 0) is 61.1 Å². The van der Waals surface area contributed by atoms with E-state index in [4.69, 9.17) is 0 Å². The number of benzene rings is 2. The summed E-state index contributed by atoms with van der Waals surface area (Å²) >= 11 is 3.22. The molecule has 0 unspecified atom stereocenters. The van der Waals surface area contributed by atoms with Crippen LogP contribution in [0.1, 0.15) is 40.2 Å². The normalized spacial score (nSPS) is 14.0. The van der Waals surface area contributed by atoms with Gasteiger partial charge in [-0.15, -0.1) is 0 Å². The highest BCUT2D eigenvalue weighted by Crippen LogP contribution is 2.40. The van der Waals surface area contributed by atoms with Gasteiger partial charge in [0.05, 0.1) is 5.56 Å². The molecule has 1 saturated carbocycles. The summed E-state index contributed by atoms with van der Waals surface area (Å²) in [5, 5.41) is 2.56. The van der Waals surface area contributed by atoms with Gasteiger partial charge >= 0.3 is 0 Å². The van der Waals surface area contributed by atoms with Crippen molar-refractivity contribution in [1.29, 1.82) is 0 Å². The minimum absolute atomic E-state index is 0.0378. The first-order chi connectivity index (χ1) is 10.5. The van der Waals surface area contributed by atoms with E-state index in [0.29, 0.717) is 21.6 Å². The van der Waals surface area contributed by atoms with E-state index in [2.05, 4.69) is 21.2 Å². The lowest BCUT2D eigenvalue weighted by atomic mass is 10.1. The van der Waals surface area contributed by atoms with Gasteiger partial charge in [0.2, 0.25) is 0 Å². The third-order valence-corrected chi connectivity index (χ3v) is 4.67. The number of anilines is 1. The van der Waals surface area contributed by atoms with Crippen molar-refractivity contribution in [3.63, 3.8) is 0 Å². The van der Waals surface area contributed by atoms with E-state index in [0.717, 1.165) is 18.4 Å². The number of carbonyl (C=O) groups excluding carboxylic acids is 1.